The van der Waals surface area contributed by atoms with Crippen LogP contribution >= 0.6 is 0 Å². The number of rotatable bonds is 7. The van der Waals surface area contributed by atoms with Crippen LogP contribution in [0.15, 0.2) is 200 Å². The Bertz CT molecular complexity index is 2730. The minimum absolute atomic E-state index is 1.10. The largest absolute Gasteiger partial charge is 0.344 e. The predicted octanol–water partition coefficient (Wildman–Crippen LogP) is 14.3. The third kappa shape index (κ3) is 5.27. The van der Waals surface area contributed by atoms with Crippen molar-refractivity contribution in [3.63, 3.8) is 0 Å². The van der Waals surface area contributed by atoms with Gasteiger partial charge in [0.05, 0.1) is 0 Å². The maximum Gasteiger partial charge on any atom is 0.0488 e. The Morgan fingerprint density at radius 3 is 1.21 bits per heavy atom. The molecule has 0 N–H and O–H groups in total. The van der Waals surface area contributed by atoms with Crippen LogP contribution in [0.1, 0.15) is 0 Å². The lowest BCUT2D eigenvalue weighted by molar-refractivity contribution is 1.21. The Balaban J connectivity index is 1.04. The molecule has 53 heavy (non-hydrogen) atoms. The van der Waals surface area contributed by atoms with Gasteiger partial charge in [0, 0.05) is 40.9 Å². The third-order valence-electron chi connectivity index (χ3n) is 10.8. The van der Waals surface area contributed by atoms with Gasteiger partial charge in [-0.05, 0) is 115 Å². The Morgan fingerprint density at radius 2 is 0.679 bits per heavy atom. The van der Waals surface area contributed by atoms with Crippen molar-refractivity contribution in [2.45, 2.75) is 0 Å². The second-order valence-corrected chi connectivity index (χ2v) is 13.8. The third-order valence-corrected chi connectivity index (χ3v) is 10.8. The highest BCUT2D eigenvalue weighted by atomic mass is 15.1. The molecule has 0 atom stereocenters. The van der Waals surface area contributed by atoms with Gasteiger partial charge < -0.3 is 9.80 Å². The summed E-state index contributed by atoms with van der Waals surface area (Å²) in [6.45, 7) is 0. The van der Waals surface area contributed by atoms with Crippen LogP contribution in [0.4, 0.5) is 28.4 Å². The predicted molar refractivity (Wildman–Crippen MR) is 228 cm³/mol. The number of anilines is 5. The van der Waals surface area contributed by atoms with Crippen molar-refractivity contribution in [3.05, 3.63) is 200 Å². The van der Waals surface area contributed by atoms with Crippen molar-refractivity contribution < 1.29 is 0 Å². The van der Waals surface area contributed by atoms with Gasteiger partial charge in [0.15, 0.2) is 0 Å². The maximum absolute atomic E-state index is 2.34. The molecule has 0 unspecified atom stereocenters. The first-order valence-corrected chi connectivity index (χ1v) is 18.2. The van der Waals surface area contributed by atoms with E-state index in [1.807, 2.05) is 0 Å². The van der Waals surface area contributed by atoms with Gasteiger partial charge in [-0.25, -0.2) is 0 Å². The summed E-state index contributed by atoms with van der Waals surface area (Å²) >= 11 is 0. The van der Waals surface area contributed by atoms with Crippen LogP contribution < -0.4 is 9.80 Å². The second kappa shape index (κ2) is 12.7. The fraction of sp³-hybridized carbons (Fsp3) is 0.0196. The van der Waals surface area contributed by atoms with Crippen LogP contribution in [-0.2, 0) is 0 Å². The molecule has 0 saturated carbocycles. The summed E-state index contributed by atoms with van der Waals surface area (Å²) in [5.41, 5.74) is 10.5. The molecule has 0 spiro atoms. The van der Waals surface area contributed by atoms with Gasteiger partial charge >= 0.3 is 0 Å². The van der Waals surface area contributed by atoms with Crippen LogP contribution in [0.3, 0.4) is 0 Å². The van der Waals surface area contributed by atoms with Crippen LogP contribution in [-0.4, -0.2) is 7.05 Å². The quantitative estimate of drug-likeness (QED) is 0.122. The minimum Gasteiger partial charge on any atom is -0.344 e. The van der Waals surface area contributed by atoms with Crippen LogP contribution in [0.2, 0.25) is 0 Å². The van der Waals surface area contributed by atoms with E-state index < -0.39 is 0 Å². The average Bonchev–Trinajstić information content (AvgIpc) is 3.24. The lowest BCUT2D eigenvalue weighted by Gasteiger charge is -2.27. The summed E-state index contributed by atoms with van der Waals surface area (Å²) in [6, 6.07) is 72.6. The lowest BCUT2D eigenvalue weighted by Crippen LogP contribution is -2.12. The molecule has 10 aromatic rings. The van der Waals surface area contributed by atoms with Gasteiger partial charge in [-0.1, -0.05) is 146 Å². The number of hydrogen-bond acceptors (Lipinski definition) is 2. The first kappa shape index (κ1) is 30.9. The van der Waals surface area contributed by atoms with Crippen molar-refractivity contribution >= 4 is 71.5 Å². The van der Waals surface area contributed by atoms with Gasteiger partial charge in [0.1, 0.15) is 0 Å². The summed E-state index contributed by atoms with van der Waals surface area (Å²) < 4.78 is 0. The molecule has 0 aliphatic heterocycles. The maximum atomic E-state index is 2.34. The van der Waals surface area contributed by atoms with E-state index in [-0.39, 0.29) is 0 Å². The standard InChI is InChI=1S/C51H36N2/c1-52(49-34-33-47-45-18-9-16-39-15-8-17-44(50(39)45)46-19-10-20-48(49)51(46)47)40-29-31-43(32-30-40)53(41-25-21-37(22-26-41)35-11-4-2-5-12-35)42-27-23-38(24-28-42)36-13-6-3-7-14-36/h2-34H,1H3. The normalized spacial score (nSPS) is 11.5. The van der Waals surface area contributed by atoms with Crippen molar-refractivity contribution in [2.75, 3.05) is 16.8 Å². The molecule has 10 aromatic carbocycles. The SMILES string of the molecule is CN(c1ccc(N(c2ccc(-c3ccccc3)cc2)c2ccc(-c3ccccc3)cc2)cc1)c1ccc2c3cccc4cccc(c5cccc1c52)c43. The number of fused-ring (bicyclic) bond motifs is 2. The fourth-order valence-corrected chi connectivity index (χ4v) is 8.20. The summed E-state index contributed by atoms with van der Waals surface area (Å²) in [7, 11) is 2.18. The van der Waals surface area contributed by atoms with Crippen molar-refractivity contribution in [1.29, 1.82) is 0 Å². The van der Waals surface area contributed by atoms with Crippen LogP contribution in [0.5, 0.6) is 0 Å². The van der Waals surface area contributed by atoms with E-state index in [0.29, 0.717) is 0 Å². The van der Waals surface area contributed by atoms with E-state index in [4.69, 9.17) is 0 Å². The van der Waals surface area contributed by atoms with E-state index in [1.165, 1.54) is 71.0 Å². The zero-order valence-electron chi connectivity index (χ0n) is 29.4. The molecule has 0 bridgehead atoms. The first-order valence-electron chi connectivity index (χ1n) is 18.2. The Hall–Kier alpha value is -6.90. The van der Waals surface area contributed by atoms with Gasteiger partial charge in [-0.3, -0.25) is 0 Å². The van der Waals surface area contributed by atoms with Gasteiger partial charge in [0.25, 0.3) is 0 Å². The average molecular weight is 677 g/mol. The summed E-state index contributed by atoms with van der Waals surface area (Å²) in [6.07, 6.45) is 0. The summed E-state index contributed by atoms with van der Waals surface area (Å²) in [4.78, 5) is 4.66. The Morgan fingerprint density at radius 1 is 0.283 bits per heavy atom. The molecule has 0 heterocycles. The monoisotopic (exact) mass is 676 g/mol. The summed E-state index contributed by atoms with van der Waals surface area (Å²) in [5, 5.41) is 10.5. The summed E-state index contributed by atoms with van der Waals surface area (Å²) in [5.74, 6) is 0. The van der Waals surface area contributed by atoms with Gasteiger partial charge in [-0.15, -0.1) is 0 Å². The first-order chi connectivity index (χ1) is 26.2. The number of benzene rings is 10. The zero-order chi connectivity index (χ0) is 35.3. The highest BCUT2D eigenvalue weighted by molar-refractivity contribution is 6.34. The molecule has 0 aliphatic rings. The smallest absolute Gasteiger partial charge is 0.0488 e. The molecule has 0 amide bonds. The molecule has 10 rings (SSSR count). The molecule has 250 valence electrons. The van der Waals surface area contributed by atoms with Gasteiger partial charge in [-0.2, -0.15) is 0 Å². The van der Waals surface area contributed by atoms with E-state index in [9.17, 15) is 0 Å². The highest BCUT2D eigenvalue weighted by Gasteiger charge is 2.18. The molecule has 0 aliphatic carbocycles. The molecular formula is C51H36N2. The lowest BCUT2D eigenvalue weighted by atomic mass is 9.89. The molecule has 0 fully saturated rings. The topological polar surface area (TPSA) is 6.48 Å². The number of nitrogens with zero attached hydrogens (tertiary/aromatic N) is 2. The van der Waals surface area contributed by atoms with E-state index >= 15 is 0 Å². The highest BCUT2D eigenvalue weighted by Crippen LogP contribution is 2.44. The second-order valence-electron chi connectivity index (χ2n) is 13.8. The molecule has 0 radical (unpaired) electrons. The molecule has 0 saturated heterocycles. The van der Waals surface area contributed by atoms with E-state index in [0.717, 1.165) is 22.7 Å². The van der Waals surface area contributed by atoms with E-state index in [1.54, 1.807) is 0 Å². The molecular weight excluding hydrogens is 641 g/mol. The zero-order valence-corrected chi connectivity index (χ0v) is 29.4. The Kier molecular flexibility index (Phi) is 7.40. The molecule has 0 aromatic heterocycles. The van der Waals surface area contributed by atoms with Crippen molar-refractivity contribution in [2.24, 2.45) is 0 Å². The fourth-order valence-electron chi connectivity index (χ4n) is 8.20. The van der Waals surface area contributed by atoms with Crippen LogP contribution in [0, 0.1) is 0 Å². The number of hydrogen-bond donors (Lipinski definition) is 0. The van der Waals surface area contributed by atoms with Crippen LogP contribution in [0.25, 0.3) is 65.3 Å². The molecule has 2 heteroatoms. The minimum atomic E-state index is 1.10. The molecule has 2 nitrogen and oxygen atoms in total. The van der Waals surface area contributed by atoms with Crippen molar-refractivity contribution in [3.8, 4) is 22.3 Å². The van der Waals surface area contributed by atoms with Gasteiger partial charge in [0.2, 0.25) is 0 Å². The van der Waals surface area contributed by atoms with Crippen molar-refractivity contribution in [1.82, 2.24) is 0 Å². The Labute approximate surface area is 309 Å². The van der Waals surface area contributed by atoms with E-state index in [2.05, 4.69) is 217 Å².